The Hall–Kier alpha value is -4.17. The number of likely N-dealkylation sites (tertiary alicyclic amines) is 1. The minimum Gasteiger partial charge on any atom is -0.469 e. The Bertz CT molecular complexity index is 1350. The lowest BCUT2D eigenvalue weighted by molar-refractivity contribution is -0.144. The van der Waals surface area contributed by atoms with Gasteiger partial charge in [-0.05, 0) is 48.1 Å². The third kappa shape index (κ3) is 7.95. The van der Waals surface area contributed by atoms with Crippen molar-refractivity contribution >= 4 is 41.7 Å². The van der Waals surface area contributed by atoms with Crippen LogP contribution in [0.3, 0.4) is 0 Å². The molecule has 1 fully saturated rings. The number of benzene rings is 3. The molecule has 2 amide bonds. The van der Waals surface area contributed by atoms with Gasteiger partial charge < -0.3 is 20.3 Å². The fourth-order valence-corrected chi connectivity index (χ4v) is 5.29. The molecule has 216 valence electrons. The Labute approximate surface area is 247 Å². The highest BCUT2D eigenvalue weighted by atomic mass is 35.5. The van der Waals surface area contributed by atoms with Gasteiger partial charge in [0.15, 0.2) is 0 Å². The van der Waals surface area contributed by atoms with Gasteiger partial charge in [0.2, 0.25) is 11.8 Å². The van der Waals surface area contributed by atoms with Gasteiger partial charge in [-0.2, -0.15) is 0 Å². The Balaban J connectivity index is 0.00000462. The molecule has 0 bridgehead atoms. The maximum absolute atomic E-state index is 13.4. The highest BCUT2D eigenvalue weighted by Gasteiger charge is 2.41. The normalized spacial score (nSPS) is 16.1. The number of nitrogens with one attached hydrogen (secondary N) is 1. The van der Waals surface area contributed by atoms with E-state index in [4.69, 9.17) is 15.9 Å². The van der Waals surface area contributed by atoms with Crippen molar-refractivity contribution in [2.24, 2.45) is 11.7 Å². The molecule has 0 aliphatic carbocycles. The van der Waals surface area contributed by atoms with Gasteiger partial charge in [0.1, 0.15) is 5.84 Å². The molecule has 9 heteroatoms. The minimum absolute atomic E-state index is 0. The molecule has 8 nitrogen and oxygen atoms in total. The topological polar surface area (TPSA) is 117 Å². The van der Waals surface area contributed by atoms with E-state index in [0.717, 1.165) is 29.7 Å². The van der Waals surface area contributed by atoms with Crippen LogP contribution in [-0.2, 0) is 25.5 Å². The number of nitrogens with two attached hydrogens (primary N) is 1. The van der Waals surface area contributed by atoms with Gasteiger partial charge in [-0.3, -0.25) is 19.8 Å². The van der Waals surface area contributed by atoms with Crippen molar-refractivity contribution in [3.05, 3.63) is 90.0 Å². The molecule has 1 aliphatic heterocycles. The van der Waals surface area contributed by atoms with E-state index in [0.29, 0.717) is 25.1 Å². The molecular formula is C32H37ClN4O4. The third-order valence-electron chi connectivity index (χ3n) is 7.46. The lowest BCUT2D eigenvalue weighted by Gasteiger charge is -2.30. The number of methoxy groups -OCH3 is 1. The predicted molar refractivity (Wildman–Crippen MR) is 163 cm³/mol. The summed E-state index contributed by atoms with van der Waals surface area (Å²) in [5.41, 5.74) is 10.1. The molecule has 0 radical (unpaired) electrons. The standard InChI is InChI=1S/C32H36N4O4.ClH/c1-22(37)36(28-16-14-25(15-17-28)24-10-12-26(13-11-24)31(33)34)21-29-19-27(20-30(38)40-2)32(39)35(29)18-6-9-23-7-4-3-5-8-23;/h3-5,7-8,10-17,27,29H,6,9,18-21H2,1-2H3,(H3,33,34);1H/t27-,29-;/m0./s1. The van der Waals surface area contributed by atoms with Gasteiger partial charge in [-0.1, -0.05) is 66.7 Å². The van der Waals surface area contributed by atoms with E-state index in [1.165, 1.54) is 19.6 Å². The average molecular weight is 577 g/mol. The lowest BCUT2D eigenvalue weighted by atomic mass is 10.0. The summed E-state index contributed by atoms with van der Waals surface area (Å²) in [7, 11) is 1.33. The number of esters is 1. The van der Waals surface area contributed by atoms with E-state index in [2.05, 4.69) is 12.1 Å². The van der Waals surface area contributed by atoms with Crippen LogP contribution >= 0.6 is 12.4 Å². The number of amides is 2. The molecule has 1 heterocycles. The van der Waals surface area contributed by atoms with E-state index in [1.807, 2.05) is 71.6 Å². The van der Waals surface area contributed by atoms with E-state index in [9.17, 15) is 14.4 Å². The number of amidine groups is 1. The van der Waals surface area contributed by atoms with Crippen molar-refractivity contribution < 1.29 is 19.1 Å². The number of carbonyl (C=O) groups excluding carboxylic acids is 3. The first-order chi connectivity index (χ1) is 19.3. The molecule has 3 N–H and O–H groups in total. The summed E-state index contributed by atoms with van der Waals surface area (Å²) >= 11 is 0. The van der Waals surface area contributed by atoms with Crippen LogP contribution in [0.5, 0.6) is 0 Å². The maximum Gasteiger partial charge on any atom is 0.306 e. The number of hydrogen-bond donors (Lipinski definition) is 2. The largest absolute Gasteiger partial charge is 0.469 e. The van der Waals surface area contributed by atoms with Crippen LogP contribution in [0, 0.1) is 11.3 Å². The Morgan fingerprint density at radius 3 is 2.17 bits per heavy atom. The molecule has 41 heavy (non-hydrogen) atoms. The second kappa shape index (κ2) is 14.5. The van der Waals surface area contributed by atoms with Gasteiger partial charge in [-0.15, -0.1) is 12.4 Å². The van der Waals surface area contributed by atoms with Crippen molar-refractivity contribution in [3.8, 4) is 11.1 Å². The fraction of sp³-hybridized carbons (Fsp3) is 0.312. The number of nitrogens with zero attached hydrogens (tertiary/aromatic N) is 2. The zero-order valence-electron chi connectivity index (χ0n) is 23.4. The van der Waals surface area contributed by atoms with Crippen LogP contribution in [0.15, 0.2) is 78.9 Å². The van der Waals surface area contributed by atoms with Crippen LogP contribution in [0.25, 0.3) is 11.1 Å². The number of aryl methyl sites for hydroxylation is 1. The quantitative estimate of drug-likeness (QED) is 0.193. The summed E-state index contributed by atoms with van der Waals surface area (Å²) in [5, 5.41) is 7.57. The van der Waals surface area contributed by atoms with Crippen molar-refractivity contribution in [1.82, 2.24) is 4.90 Å². The van der Waals surface area contributed by atoms with E-state index >= 15 is 0 Å². The molecule has 0 spiro atoms. The molecule has 0 saturated carbocycles. The maximum atomic E-state index is 13.4. The summed E-state index contributed by atoms with van der Waals surface area (Å²) in [4.78, 5) is 41.7. The molecule has 0 unspecified atom stereocenters. The van der Waals surface area contributed by atoms with E-state index in [1.54, 1.807) is 4.90 Å². The highest BCUT2D eigenvalue weighted by Crippen LogP contribution is 2.31. The van der Waals surface area contributed by atoms with Gasteiger partial charge >= 0.3 is 5.97 Å². The first kappa shape index (κ1) is 31.4. The van der Waals surface area contributed by atoms with Crippen molar-refractivity contribution in [3.63, 3.8) is 0 Å². The minimum atomic E-state index is -0.455. The molecule has 1 aliphatic rings. The Morgan fingerprint density at radius 1 is 1.00 bits per heavy atom. The van der Waals surface area contributed by atoms with Crippen LogP contribution in [0.1, 0.15) is 37.3 Å². The second-order valence-corrected chi connectivity index (χ2v) is 10.2. The van der Waals surface area contributed by atoms with Crippen molar-refractivity contribution in [1.29, 1.82) is 5.41 Å². The number of hydrogen-bond acceptors (Lipinski definition) is 5. The van der Waals surface area contributed by atoms with Gasteiger partial charge in [0, 0.05) is 31.3 Å². The first-order valence-corrected chi connectivity index (χ1v) is 13.5. The molecule has 0 aromatic heterocycles. The first-order valence-electron chi connectivity index (χ1n) is 13.5. The second-order valence-electron chi connectivity index (χ2n) is 10.2. The molecule has 4 rings (SSSR count). The number of carbonyl (C=O) groups is 3. The van der Waals surface area contributed by atoms with E-state index < -0.39 is 11.9 Å². The SMILES string of the molecule is COC(=O)C[C@@H]1C[C@@H](CN(C(C)=O)c2ccc(-c3ccc(C(=N)N)cc3)cc2)N(CCCc2ccccc2)C1=O.Cl. The third-order valence-corrected chi connectivity index (χ3v) is 7.46. The number of anilines is 1. The Morgan fingerprint density at radius 2 is 1.61 bits per heavy atom. The number of ether oxygens (including phenoxy) is 1. The van der Waals surface area contributed by atoms with Gasteiger partial charge in [0.25, 0.3) is 0 Å². The van der Waals surface area contributed by atoms with Crippen LogP contribution in [0.2, 0.25) is 0 Å². The average Bonchev–Trinajstić information content (AvgIpc) is 3.25. The summed E-state index contributed by atoms with van der Waals surface area (Å²) in [6.45, 7) is 2.42. The van der Waals surface area contributed by atoms with Crippen molar-refractivity contribution in [2.75, 3.05) is 25.1 Å². The van der Waals surface area contributed by atoms with Crippen molar-refractivity contribution in [2.45, 2.75) is 38.6 Å². The van der Waals surface area contributed by atoms with Gasteiger partial charge in [-0.25, -0.2) is 0 Å². The lowest BCUT2D eigenvalue weighted by Crippen LogP contribution is -2.44. The van der Waals surface area contributed by atoms with Crippen LogP contribution in [-0.4, -0.2) is 54.8 Å². The fourth-order valence-electron chi connectivity index (χ4n) is 5.29. The van der Waals surface area contributed by atoms with Crippen LogP contribution < -0.4 is 10.6 Å². The number of nitrogen functional groups attached to an aromatic ring is 1. The molecule has 3 aromatic rings. The molecule has 1 saturated heterocycles. The zero-order valence-corrected chi connectivity index (χ0v) is 24.2. The molecular weight excluding hydrogens is 540 g/mol. The number of halogens is 1. The van der Waals surface area contributed by atoms with Gasteiger partial charge in [0.05, 0.1) is 25.5 Å². The molecule has 2 atom stereocenters. The smallest absolute Gasteiger partial charge is 0.306 e. The zero-order chi connectivity index (χ0) is 28.6. The Kier molecular flexibility index (Phi) is 11.1. The monoisotopic (exact) mass is 576 g/mol. The summed E-state index contributed by atoms with van der Waals surface area (Å²) in [6, 6.07) is 25.1. The predicted octanol–water partition coefficient (Wildman–Crippen LogP) is 4.83. The highest BCUT2D eigenvalue weighted by molar-refractivity contribution is 5.95. The summed E-state index contributed by atoms with van der Waals surface area (Å²) < 4.78 is 4.83. The van der Waals surface area contributed by atoms with Crippen LogP contribution in [0.4, 0.5) is 5.69 Å². The number of rotatable bonds is 11. The summed E-state index contributed by atoms with van der Waals surface area (Å²) in [6.07, 6.45) is 2.15. The van der Waals surface area contributed by atoms with E-state index in [-0.39, 0.29) is 42.5 Å². The summed E-state index contributed by atoms with van der Waals surface area (Å²) in [5.74, 6) is -1.02. The molecule has 3 aromatic carbocycles.